The first-order valence-corrected chi connectivity index (χ1v) is 11.2. The van der Waals surface area contributed by atoms with Gasteiger partial charge in [0.25, 0.3) is 0 Å². The second-order valence-electron chi connectivity index (χ2n) is 8.25. The summed E-state index contributed by atoms with van der Waals surface area (Å²) in [6, 6.07) is 8.69. The monoisotopic (exact) mass is 462 g/mol. The molecule has 2 aliphatic rings. The fourth-order valence-corrected chi connectivity index (χ4v) is 5.20. The molecule has 2 fully saturated rings. The highest BCUT2D eigenvalue weighted by Gasteiger charge is 2.45. The Morgan fingerprint density at radius 2 is 2.00 bits per heavy atom. The minimum atomic E-state index is -4.37. The van der Waals surface area contributed by atoms with Crippen LogP contribution >= 0.6 is 11.3 Å². The number of hydrogen-bond acceptors (Lipinski definition) is 7. The first-order valence-electron chi connectivity index (χ1n) is 10.4. The van der Waals surface area contributed by atoms with Gasteiger partial charge in [-0.1, -0.05) is 0 Å². The van der Waals surface area contributed by atoms with E-state index in [4.69, 9.17) is 10.00 Å². The molecule has 5 rings (SSSR count). The number of nitriles is 1. The largest absolute Gasteiger partial charge is 0.425 e. The summed E-state index contributed by atoms with van der Waals surface area (Å²) in [7, 11) is 0. The molecular weight excluding hydrogens is 441 g/mol. The number of imidazole rings is 1. The van der Waals surface area contributed by atoms with Gasteiger partial charge in [0, 0.05) is 19.1 Å². The number of thiophene rings is 1. The predicted octanol–water partition coefficient (Wildman–Crippen LogP) is 4.04. The second kappa shape index (κ2) is 8.03. The van der Waals surface area contributed by atoms with Crippen molar-refractivity contribution in [1.29, 1.82) is 5.26 Å². The Labute approximate surface area is 186 Å². The molecule has 3 aromatic rings. The van der Waals surface area contributed by atoms with Crippen molar-refractivity contribution in [2.75, 3.05) is 31.6 Å². The lowest BCUT2D eigenvalue weighted by atomic mass is 9.88. The Morgan fingerprint density at radius 1 is 1.22 bits per heavy atom. The lowest BCUT2D eigenvalue weighted by Gasteiger charge is -2.50. The standard InChI is InChI=1S/C21H21F3N6OS/c22-21(23,24)17-2-1-16(32-17)15-11-26-19-4-3-18(28-30(15)19)27-14-5-9-29(10-6-14)20(7-8-25)12-31-13-20/h1-4,11,14H,5-7,9-10,12-13H2,(H,27,28). The van der Waals surface area contributed by atoms with Crippen LogP contribution in [-0.4, -0.2) is 57.4 Å². The minimum absolute atomic E-state index is 0.140. The first kappa shape index (κ1) is 21.2. The maximum Gasteiger partial charge on any atom is 0.425 e. The number of alkyl halides is 3. The number of nitrogens with zero attached hydrogens (tertiary/aromatic N) is 5. The second-order valence-corrected chi connectivity index (χ2v) is 9.34. The number of anilines is 1. The summed E-state index contributed by atoms with van der Waals surface area (Å²) in [6.07, 6.45) is -0.527. The molecule has 0 aliphatic carbocycles. The van der Waals surface area contributed by atoms with Gasteiger partial charge in [0.15, 0.2) is 5.65 Å². The molecule has 2 aliphatic heterocycles. The molecule has 11 heteroatoms. The zero-order valence-electron chi connectivity index (χ0n) is 17.1. The lowest BCUT2D eigenvalue weighted by molar-refractivity contribution is -0.143. The van der Waals surface area contributed by atoms with Gasteiger partial charge in [-0.25, -0.2) is 9.50 Å². The van der Waals surface area contributed by atoms with Crippen LogP contribution in [0.5, 0.6) is 0 Å². The van der Waals surface area contributed by atoms with Crippen LogP contribution in [0.4, 0.5) is 19.0 Å². The summed E-state index contributed by atoms with van der Waals surface area (Å²) >= 11 is 0.683. The van der Waals surface area contributed by atoms with E-state index in [0.717, 1.165) is 32.0 Å². The van der Waals surface area contributed by atoms with Crippen LogP contribution in [0.3, 0.4) is 0 Å². The number of ether oxygens (including phenoxy) is 1. The quantitative estimate of drug-likeness (QED) is 0.617. The average molecular weight is 463 g/mol. The smallest absolute Gasteiger partial charge is 0.377 e. The van der Waals surface area contributed by atoms with Crippen LogP contribution in [0.15, 0.2) is 30.5 Å². The van der Waals surface area contributed by atoms with Crippen LogP contribution < -0.4 is 5.32 Å². The molecule has 0 unspecified atom stereocenters. The highest BCUT2D eigenvalue weighted by Crippen LogP contribution is 2.38. The van der Waals surface area contributed by atoms with Gasteiger partial charge in [0.05, 0.1) is 42.3 Å². The molecule has 168 valence electrons. The summed E-state index contributed by atoms with van der Waals surface area (Å²) in [4.78, 5) is 6.46. The molecule has 0 bridgehead atoms. The molecule has 7 nitrogen and oxygen atoms in total. The predicted molar refractivity (Wildman–Crippen MR) is 113 cm³/mol. The topological polar surface area (TPSA) is 78.5 Å². The molecule has 0 amide bonds. The fraction of sp³-hybridized carbons (Fsp3) is 0.476. The summed E-state index contributed by atoms with van der Waals surface area (Å²) in [5, 5.41) is 17.2. The molecule has 3 aromatic heterocycles. The van der Waals surface area contributed by atoms with E-state index >= 15 is 0 Å². The van der Waals surface area contributed by atoms with Crippen LogP contribution in [-0.2, 0) is 10.9 Å². The number of halogens is 3. The SMILES string of the molecule is N#CCC1(N2CCC(Nc3ccc4ncc(-c5ccc(C(F)(F)F)s5)n4n3)CC2)COC1. The Hall–Kier alpha value is -2.68. The maximum atomic E-state index is 13.0. The molecular formula is C21H21F3N6OS. The van der Waals surface area contributed by atoms with Gasteiger partial charge in [-0.3, -0.25) is 4.90 Å². The Kier molecular flexibility index (Phi) is 5.31. The van der Waals surface area contributed by atoms with E-state index in [-0.39, 0.29) is 11.6 Å². The van der Waals surface area contributed by atoms with Crippen LogP contribution in [0.2, 0.25) is 0 Å². The van der Waals surface area contributed by atoms with Gasteiger partial charge in [0.2, 0.25) is 0 Å². The lowest BCUT2D eigenvalue weighted by Crippen LogP contribution is -2.64. The first-order chi connectivity index (χ1) is 15.4. The zero-order chi connectivity index (χ0) is 22.3. The summed E-state index contributed by atoms with van der Waals surface area (Å²) in [5.41, 5.74) is 0.964. The van der Waals surface area contributed by atoms with Crippen molar-refractivity contribution in [3.8, 4) is 16.6 Å². The van der Waals surface area contributed by atoms with E-state index in [2.05, 4.69) is 26.4 Å². The Bertz CT molecular complexity index is 1150. The van der Waals surface area contributed by atoms with E-state index in [1.165, 1.54) is 6.07 Å². The molecule has 0 aromatic carbocycles. The zero-order valence-corrected chi connectivity index (χ0v) is 17.9. The summed E-state index contributed by atoms with van der Waals surface area (Å²) in [5.74, 6) is 0.654. The molecule has 0 spiro atoms. The Balaban J connectivity index is 1.29. The number of piperidine rings is 1. The number of nitrogens with one attached hydrogen (secondary N) is 1. The third kappa shape index (κ3) is 3.83. The average Bonchev–Trinajstić information content (AvgIpc) is 3.38. The summed E-state index contributed by atoms with van der Waals surface area (Å²) < 4.78 is 45.9. The van der Waals surface area contributed by atoms with Crippen molar-refractivity contribution in [2.24, 2.45) is 0 Å². The molecule has 0 radical (unpaired) electrons. The van der Waals surface area contributed by atoms with Crippen LogP contribution in [0, 0.1) is 11.3 Å². The van der Waals surface area contributed by atoms with Crippen molar-refractivity contribution >= 4 is 22.8 Å². The maximum absolute atomic E-state index is 13.0. The minimum Gasteiger partial charge on any atom is -0.377 e. The molecule has 1 N–H and O–H groups in total. The molecule has 32 heavy (non-hydrogen) atoms. The van der Waals surface area contributed by atoms with Gasteiger partial charge in [0.1, 0.15) is 16.4 Å². The van der Waals surface area contributed by atoms with Gasteiger partial charge in [-0.15, -0.1) is 16.4 Å². The van der Waals surface area contributed by atoms with Crippen LogP contribution in [0.25, 0.3) is 16.2 Å². The molecule has 5 heterocycles. The molecule has 0 atom stereocenters. The number of fused-ring (bicyclic) bond motifs is 1. The third-order valence-electron chi connectivity index (χ3n) is 6.17. The van der Waals surface area contributed by atoms with E-state index in [9.17, 15) is 13.2 Å². The highest BCUT2D eigenvalue weighted by atomic mass is 32.1. The summed E-state index contributed by atoms with van der Waals surface area (Å²) in [6.45, 7) is 2.96. The number of rotatable bonds is 5. The Morgan fingerprint density at radius 3 is 2.62 bits per heavy atom. The highest BCUT2D eigenvalue weighted by molar-refractivity contribution is 7.15. The van der Waals surface area contributed by atoms with Gasteiger partial charge >= 0.3 is 6.18 Å². The van der Waals surface area contributed by atoms with E-state index in [1.54, 1.807) is 16.8 Å². The van der Waals surface area contributed by atoms with Crippen molar-refractivity contribution in [1.82, 2.24) is 19.5 Å². The van der Waals surface area contributed by atoms with Gasteiger partial charge < -0.3 is 10.1 Å². The van der Waals surface area contributed by atoms with Crippen molar-refractivity contribution in [2.45, 2.75) is 37.0 Å². The van der Waals surface area contributed by atoms with Crippen molar-refractivity contribution in [3.05, 3.63) is 35.3 Å². The van der Waals surface area contributed by atoms with E-state index in [0.29, 0.717) is 53.0 Å². The van der Waals surface area contributed by atoms with E-state index < -0.39 is 11.1 Å². The molecule has 2 saturated heterocycles. The fourth-order valence-electron chi connectivity index (χ4n) is 4.33. The molecule has 0 saturated carbocycles. The van der Waals surface area contributed by atoms with Gasteiger partial charge in [-0.2, -0.15) is 18.4 Å². The van der Waals surface area contributed by atoms with Crippen LogP contribution in [0.1, 0.15) is 24.1 Å². The number of aromatic nitrogens is 3. The number of hydrogen-bond donors (Lipinski definition) is 1. The third-order valence-corrected chi connectivity index (χ3v) is 7.32. The van der Waals surface area contributed by atoms with Crippen molar-refractivity contribution in [3.63, 3.8) is 0 Å². The van der Waals surface area contributed by atoms with E-state index in [1.807, 2.05) is 6.07 Å². The normalized spacial score (nSPS) is 19.6. The van der Waals surface area contributed by atoms with Crippen molar-refractivity contribution < 1.29 is 17.9 Å². The van der Waals surface area contributed by atoms with Gasteiger partial charge in [-0.05, 0) is 37.1 Å². The number of likely N-dealkylation sites (tertiary alicyclic amines) is 1.